The molecule has 0 amide bonds. The molecule has 1 fully saturated rings. The summed E-state index contributed by atoms with van der Waals surface area (Å²) in [7, 11) is 0. The lowest BCUT2D eigenvalue weighted by Crippen LogP contribution is -2.51. The molecule has 0 aromatic carbocycles. The van der Waals surface area contributed by atoms with Gasteiger partial charge in [-0.2, -0.15) is 0 Å². The summed E-state index contributed by atoms with van der Waals surface area (Å²) in [6.07, 6.45) is 3.20. The summed E-state index contributed by atoms with van der Waals surface area (Å²) >= 11 is 5.79. The lowest BCUT2D eigenvalue weighted by molar-refractivity contribution is 0.471. The van der Waals surface area contributed by atoms with Crippen LogP contribution in [0.3, 0.4) is 0 Å². The molecule has 1 aromatic rings. The minimum absolute atomic E-state index is 0.435. The van der Waals surface area contributed by atoms with Gasteiger partial charge in [0.25, 0.3) is 0 Å². The number of hydrogen-bond acceptors (Lipinski definition) is 4. The summed E-state index contributed by atoms with van der Waals surface area (Å²) in [6, 6.07) is 0.444. The fourth-order valence-corrected chi connectivity index (χ4v) is 1.16. The van der Waals surface area contributed by atoms with E-state index in [0.29, 0.717) is 17.0 Å². The van der Waals surface area contributed by atoms with Crippen LogP contribution in [-0.2, 0) is 0 Å². The molecule has 0 aliphatic carbocycles. The molecule has 0 radical (unpaired) electrons. The van der Waals surface area contributed by atoms with Crippen LogP contribution in [0, 0.1) is 0 Å². The zero-order chi connectivity index (χ0) is 8.39. The van der Waals surface area contributed by atoms with E-state index < -0.39 is 0 Å². The van der Waals surface area contributed by atoms with Crippen molar-refractivity contribution in [3.05, 3.63) is 17.5 Å². The van der Waals surface area contributed by atoms with E-state index in [0.717, 1.165) is 13.1 Å². The van der Waals surface area contributed by atoms with Gasteiger partial charge in [-0.05, 0) is 0 Å². The minimum Gasteiger partial charge on any atom is -0.362 e. The molecular formula is C7H9ClN4. The molecule has 0 bridgehead atoms. The smallest absolute Gasteiger partial charge is 0.171 e. The van der Waals surface area contributed by atoms with Crippen LogP contribution in [0.4, 0.5) is 5.82 Å². The van der Waals surface area contributed by atoms with Crippen molar-refractivity contribution in [1.82, 2.24) is 15.3 Å². The molecule has 0 atom stereocenters. The fourth-order valence-electron chi connectivity index (χ4n) is 1.00. The van der Waals surface area contributed by atoms with Gasteiger partial charge in [-0.1, -0.05) is 11.6 Å². The number of aromatic nitrogens is 2. The highest BCUT2D eigenvalue weighted by atomic mass is 35.5. The van der Waals surface area contributed by atoms with E-state index in [1.165, 1.54) is 0 Å². The molecule has 2 N–H and O–H groups in total. The van der Waals surface area contributed by atoms with Gasteiger partial charge in [-0.25, -0.2) is 9.97 Å². The first kappa shape index (κ1) is 7.76. The lowest BCUT2D eigenvalue weighted by atomic mass is 10.2. The standard InChI is InChI=1S/C7H9ClN4/c8-6-7(11-2-1-10-6)12-5-3-9-4-5/h1-2,5,9H,3-4H2,(H,11,12). The summed E-state index contributed by atoms with van der Waals surface area (Å²) in [4.78, 5) is 7.98. The topological polar surface area (TPSA) is 49.8 Å². The minimum atomic E-state index is 0.435. The van der Waals surface area contributed by atoms with Gasteiger partial charge in [0.1, 0.15) is 0 Å². The zero-order valence-electron chi connectivity index (χ0n) is 6.42. The summed E-state index contributed by atoms with van der Waals surface area (Å²) < 4.78 is 0. The molecule has 1 aromatic heterocycles. The first-order chi connectivity index (χ1) is 5.86. The second-order valence-corrected chi connectivity index (χ2v) is 3.05. The Morgan fingerprint density at radius 2 is 2.17 bits per heavy atom. The van der Waals surface area contributed by atoms with Gasteiger partial charge in [0.05, 0.1) is 6.04 Å². The average Bonchev–Trinajstić information content (AvgIpc) is 2.00. The van der Waals surface area contributed by atoms with E-state index in [1.54, 1.807) is 12.4 Å². The number of hydrogen-bond donors (Lipinski definition) is 2. The van der Waals surface area contributed by atoms with Crippen molar-refractivity contribution < 1.29 is 0 Å². The van der Waals surface area contributed by atoms with E-state index in [9.17, 15) is 0 Å². The Morgan fingerprint density at radius 3 is 2.75 bits per heavy atom. The molecule has 2 heterocycles. The maximum absolute atomic E-state index is 5.79. The molecule has 4 nitrogen and oxygen atoms in total. The number of nitrogens with one attached hydrogen (secondary N) is 2. The Kier molecular flexibility index (Phi) is 2.10. The van der Waals surface area contributed by atoms with E-state index in [1.807, 2.05) is 0 Å². The summed E-state index contributed by atoms with van der Waals surface area (Å²) in [6.45, 7) is 1.93. The van der Waals surface area contributed by atoms with Crippen molar-refractivity contribution >= 4 is 17.4 Å². The van der Waals surface area contributed by atoms with Crippen molar-refractivity contribution in [2.45, 2.75) is 6.04 Å². The summed E-state index contributed by atoms with van der Waals surface area (Å²) in [5.74, 6) is 0.672. The van der Waals surface area contributed by atoms with Crippen LogP contribution in [0.2, 0.25) is 5.15 Å². The summed E-state index contributed by atoms with van der Waals surface area (Å²) in [5.41, 5.74) is 0. The number of anilines is 1. The molecule has 1 aliphatic rings. The Morgan fingerprint density at radius 1 is 1.42 bits per heavy atom. The Bertz CT molecular complexity index is 274. The third kappa shape index (κ3) is 1.49. The molecule has 1 aliphatic heterocycles. The van der Waals surface area contributed by atoms with E-state index in [2.05, 4.69) is 20.6 Å². The molecule has 5 heteroatoms. The van der Waals surface area contributed by atoms with Gasteiger partial charge in [-0.15, -0.1) is 0 Å². The monoisotopic (exact) mass is 184 g/mol. The van der Waals surface area contributed by atoms with E-state index in [4.69, 9.17) is 11.6 Å². The predicted molar refractivity (Wildman–Crippen MR) is 47.3 cm³/mol. The number of rotatable bonds is 2. The van der Waals surface area contributed by atoms with E-state index in [-0.39, 0.29) is 0 Å². The van der Waals surface area contributed by atoms with Crippen LogP contribution < -0.4 is 10.6 Å². The maximum atomic E-state index is 5.79. The maximum Gasteiger partial charge on any atom is 0.171 e. The van der Waals surface area contributed by atoms with Gasteiger partial charge in [-0.3, -0.25) is 0 Å². The zero-order valence-corrected chi connectivity index (χ0v) is 7.17. The van der Waals surface area contributed by atoms with Crippen LogP contribution in [0.15, 0.2) is 12.4 Å². The second-order valence-electron chi connectivity index (χ2n) is 2.70. The number of halogens is 1. The molecule has 64 valence electrons. The second kappa shape index (κ2) is 3.25. The molecule has 0 saturated carbocycles. The predicted octanol–water partition coefficient (Wildman–Crippen LogP) is 0.514. The van der Waals surface area contributed by atoms with Crippen molar-refractivity contribution in [3.8, 4) is 0 Å². The SMILES string of the molecule is Clc1nccnc1NC1CNC1. The first-order valence-corrected chi connectivity index (χ1v) is 4.18. The molecular weight excluding hydrogens is 176 g/mol. The molecule has 0 spiro atoms. The average molecular weight is 185 g/mol. The van der Waals surface area contributed by atoms with Gasteiger partial charge in [0, 0.05) is 25.5 Å². The van der Waals surface area contributed by atoms with Gasteiger partial charge in [0.2, 0.25) is 0 Å². The van der Waals surface area contributed by atoms with Crippen LogP contribution in [0.5, 0.6) is 0 Å². The van der Waals surface area contributed by atoms with Crippen molar-refractivity contribution in [3.63, 3.8) is 0 Å². The lowest BCUT2D eigenvalue weighted by Gasteiger charge is -2.28. The van der Waals surface area contributed by atoms with Gasteiger partial charge in [0.15, 0.2) is 11.0 Å². The van der Waals surface area contributed by atoms with E-state index >= 15 is 0 Å². The molecule has 1 saturated heterocycles. The summed E-state index contributed by atoms with van der Waals surface area (Å²) in [5, 5.41) is 6.76. The highest BCUT2D eigenvalue weighted by Crippen LogP contribution is 2.15. The normalized spacial score (nSPS) is 17.1. The van der Waals surface area contributed by atoms with Gasteiger partial charge >= 0.3 is 0 Å². The van der Waals surface area contributed by atoms with Crippen LogP contribution >= 0.6 is 11.6 Å². The Balaban J connectivity index is 2.06. The van der Waals surface area contributed by atoms with Crippen LogP contribution in [-0.4, -0.2) is 29.1 Å². The number of nitrogens with zero attached hydrogens (tertiary/aromatic N) is 2. The van der Waals surface area contributed by atoms with Gasteiger partial charge < -0.3 is 10.6 Å². The highest BCUT2D eigenvalue weighted by Gasteiger charge is 2.17. The molecule has 12 heavy (non-hydrogen) atoms. The molecule has 0 unspecified atom stereocenters. The van der Waals surface area contributed by atoms with Crippen molar-refractivity contribution in [2.24, 2.45) is 0 Å². The fraction of sp³-hybridized carbons (Fsp3) is 0.429. The third-order valence-electron chi connectivity index (χ3n) is 1.78. The molecule has 2 rings (SSSR count). The Hall–Kier alpha value is -0.870. The highest BCUT2D eigenvalue weighted by molar-refractivity contribution is 6.31. The quantitative estimate of drug-likeness (QED) is 0.704. The van der Waals surface area contributed by atoms with Crippen molar-refractivity contribution in [1.29, 1.82) is 0 Å². The van der Waals surface area contributed by atoms with Crippen LogP contribution in [0.1, 0.15) is 0 Å². The Labute approximate surface area is 75.4 Å². The van der Waals surface area contributed by atoms with Crippen LogP contribution in [0.25, 0.3) is 0 Å². The third-order valence-corrected chi connectivity index (χ3v) is 2.05. The van der Waals surface area contributed by atoms with Crippen molar-refractivity contribution in [2.75, 3.05) is 18.4 Å². The first-order valence-electron chi connectivity index (χ1n) is 3.80. The largest absolute Gasteiger partial charge is 0.362 e.